The van der Waals surface area contributed by atoms with Crippen molar-refractivity contribution in [2.75, 3.05) is 19.7 Å². The molecule has 2 aromatic rings. The number of halogens is 2. The molecule has 3 heterocycles. The monoisotopic (exact) mass is 481 g/mol. The number of fused-ring (bicyclic) bond motifs is 1. The van der Waals surface area contributed by atoms with Crippen LogP contribution in [0.25, 0.3) is 10.9 Å². The maximum Gasteiger partial charge on any atom is 0.410 e. The van der Waals surface area contributed by atoms with Crippen LogP contribution in [0.5, 0.6) is 0 Å². The number of amides is 1. The quantitative estimate of drug-likeness (QED) is 0.614. The lowest BCUT2D eigenvalue weighted by Crippen LogP contribution is -2.48. The summed E-state index contributed by atoms with van der Waals surface area (Å²) in [5.41, 5.74) is -1.00. The van der Waals surface area contributed by atoms with E-state index in [2.05, 4.69) is 20.9 Å². The van der Waals surface area contributed by atoms with Crippen LogP contribution in [0, 0.1) is 5.82 Å². The minimum Gasteiger partial charge on any atom is -0.444 e. The van der Waals surface area contributed by atoms with E-state index >= 15 is 0 Å². The number of benzene rings is 1. The van der Waals surface area contributed by atoms with Crippen LogP contribution in [-0.2, 0) is 9.47 Å². The Morgan fingerprint density at radius 1 is 1.33 bits per heavy atom. The zero-order valence-electron chi connectivity index (χ0n) is 17.3. The van der Waals surface area contributed by atoms with Gasteiger partial charge in [0.1, 0.15) is 11.0 Å². The molecule has 2 saturated heterocycles. The number of carbonyl (C=O) groups is 1. The van der Waals surface area contributed by atoms with Crippen molar-refractivity contribution in [2.45, 2.75) is 57.3 Å². The molecule has 1 aromatic heterocycles. The molecule has 1 atom stereocenters. The number of carbonyl (C=O) groups excluding carboxylic acids is 1. The van der Waals surface area contributed by atoms with Gasteiger partial charge in [0, 0.05) is 13.1 Å². The summed E-state index contributed by atoms with van der Waals surface area (Å²) in [6, 6.07) is 2.94. The standard InChI is InChI=1S/C21H25BrFN3O4/c1-20(2,3)30-19(28)25-8-6-21(7-9-25)10-13(11-29-21)26-12-24-15-5-4-14(22)17(23)16(15)18(26)27/h4-5,12-13H,6-11H2,1-3H3. The second-order valence-corrected chi connectivity index (χ2v) is 9.89. The highest BCUT2D eigenvalue weighted by Gasteiger charge is 2.44. The molecule has 2 aliphatic rings. The Morgan fingerprint density at radius 3 is 2.70 bits per heavy atom. The van der Waals surface area contributed by atoms with E-state index in [1.807, 2.05) is 20.8 Å². The predicted molar refractivity (Wildman–Crippen MR) is 113 cm³/mol. The number of ether oxygens (including phenoxy) is 2. The molecule has 0 aliphatic carbocycles. The lowest BCUT2D eigenvalue weighted by Gasteiger charge is -2.39. The Hall–Kier alpha value is -2.00. The molecule has 1 aromatic carbocycles. The van der Waals surface area contributed by atoms with Gasteiger partial charge in [-0.05, 0) is 68.1 Å². The van der Waals surface area contributed by atoms with Gasteiger partial charge >= 0.3 is 6.09 Å². The fourth-order valence-corrected chi connectivity index (χ4v) is 4.52. The number of piperidine rings is 1. The summed E-state index contributed by atoms with van der Waals surface area (Å²) in [6.07, 6.45) is 3.11. The Balaban J connectivity index is 1.49. The average molecular weight is 482 g/mol. The maximum absolute atomic E-state index is 14.5. The van der Waals surface area contributed by atoms with Gasteiger partial charge in [-0.1, -0.05) is 0 Å². The van der Waals surface area contributed by atoms with Crippen LogP contribution in [0.4, 0.5) is 9.18 Å². The van der Waals surface area contributed by atoms with Gasteiger partial charge in [0.25, 0.3) is 5.56 Å². The fraction of sp³-hybridized carbons (Fsp3) is 0.571. The molecular formula is C21H25BrFN3O4. The molecule has 0 N–H and O–H groups in total. The van der Waals surface area contributed by atoms with Crippen molar-refractivity contribution in [2.24, 2.45) is 0 Å². The van der Waals surface area contributed by atoms with Crippen molar-refractivity contribution >= 4 is 32.9 Å². The third kappa shape index (κ3) is 3.97. The van der Waals surface area contributed by atoms with E-state index < -0.39 is 22.6 Å². The number of likely N-dealkylation sites (tertiary alicyclic amines) is 1. The molecule has 2 aliphatic heterocycles. The van der Waals surface area contributed by atoms with E-state index in [-0.39, 0.29) is 22.0 Å². The van der Waals surface area contributed by atoms with Gasteiger partial charge in [-0.2, -0.15) is 0 Å². The first kappa shape index (κ1) is 21.2. The van der Waals surface area contributed by atoms with E-state index in [0.717, 1.165) is 0 Å². The van der Waals surface area contributed by atoms with Gasteiger partial charge < -0.3 is 14.4 Å². The summed E-state index contributed by atoms with van der Waals surface area (Å²) in [4.78, 5) is 31.2. The number of rotatable bonds is 1. The third-order valence-electron chi connectivity index (χ3n) is 5.75. The first-order valence-electron chi connectivity index (χ1n) is 10.1. The molecule has 2 fully saturated rings. The first-order chi connectivity index (χ1) is 14.1. The number of hydrogen-bond acceptors (Lipinski definition) is 5. The fourth-order valence-electron chi connectivity index (χ4n) is 4.19. The zero-order valence-corrected chi connectivity index (χ0v) is 18.9. The highest BCUT2D eigenvalue weighted by molar-refractivity contribution is 9.10. The molecule has 0 radical (unpaired) electrons. The molecule has 1 unspecified atom stereocenters. The minimum absolute atomic E-state index is 0.0208. The van der Waals surface area contributed by atoms with Crippen molar-refractivity contribution in [1.82, 2.24) is 14.5 Å². The van der Waals surface area contributed by atoms with Gasteiger partial charge in [-0.15, -0.1) is 0 Å². The van der Waals surface area contributed by atoms with Crippen molar-refractivity contribution < 1.29 is 18.7 Å². The van der Waals surface area contributed by atoms with Gasteiger partial charge in [-0.3, -0.25) is 9.36 Å². The minimum atomic E-state index is -0.598. The van der Waals surface area contributed by atoms with E-state index in [9.17, 15) is 14.0 Å². The average Bonchev–Trinajstić information content (AvgIpc) is 3.07. The number of nitrogens with zero attached hydrogens (tertiary/aromatic N) is 3. The highest BCUT2D eigenvalue weighted by Crippen LogP contribution is 2.40. The van der Waals surface area contributed by atoms with Gasteiger partial charge in [-0.25, -0.2) is 14.2 Å². The Morgan fingerprint density at radius 2 is 2.03 bits per heavy atom. The topological polar surface area (TPSA) is 73.7 Å². The SMILES string of the molecule is CC(C)(C)OC(=O)N1CCC2(CC1)CC(n1cnc3ccc(Br)c(F)c3c1=O)CO2. The van der Waals surface area contributed by atoms with Crippen molar-refractivity contribution in [3.8, 4) is 0 Å². The van der Waals surface area contributed by atoms with Crippen molar-refractivity contribution in [3.63, 3.8) is 0 Å². The summed E-state index contributed by atoms with van der Waals surface area (Å²) in [5, 5.41) is -0.0208. The van der Waals surface area contributed by atoms with Gasteiger partial charge in [0.05, 0.1) is 34.6 Å². The van der Waals surface area contributed by atoms with Crippen LogP contribution < -0.4 is 5.56 Å². The van der Waals surface area contributed by atoms with Crippen LogP contribution in [0.15, 0.2) is 27.7 Å². The molecule has 0 bridgehead atoms. The molecule has 7 nitrogen and oxygen atoms in total. The Labute approximate surface area is 182 Å². The lowest BCUT2D eigenvalue weighted by molar-refractivity contribution is -0.0486. The largest absolute Gasteiger partial charge is 0.444 e. The molecule has 4 rings (SSSR count). The van der Waals surface area contributed by atoms with E-state index in [0.29, 0.717) is 44.5 Å². The third-order valence-corrected chi connectivity index (χ3v) is 6.36. The Bertz CT molecular complexity index is 1040. The summed E-state index contributed by atoms with van der Waals surface area (Å²) in [7, 11) is 0. The van der Waals surface area contributed by atoms with Gasteiger partial charge in [0.2, 0.25) is 0 Å². The molecule has 162 valence electrons. The van der Waals surface area contributed by atoms with Crippen LogP contribution in [0.3, 0.4) is 0 Å². The van der Waals surface area contributed by atoms with Gasteiger partial charge in [0.15, 0.2) is 5.82 Å². The highest BCUT2D eigenvalue weighted by atomic mass is 79.9. The normalized spacial score (nSPS) is 21.4. The summed E-state index contributed by atoms with van der Waals surface area (Å²) < 4.78 is 27.8. The number of aromatic nitrogens is 2. The number of hydrogen-bond donors (Lipinski definition) is 0. The van der Waals surface area contributed by atoms with E-state index in [4.69, 9.17) is 9.47 Å². The molecular weight excluding hydrogens is 457 g/mol. The van der Waals surface area contributed by atoms with Crippen LogP contribution >= 0.6 is 15.9 Å². The Kier molecular flexibility index (Phi) is 5.38. The molecule has 1 spiro atoms. The molecule has 1 amide bonds. The first-order valence-corrected chi connectivity index (χ1v) is 10.8. The summed E-state index contributed by atoms with van der Waals surface area (Å²) in [6.45, 7) is 6.96. The van der Waals surface area contributed by atoms with Crippen LogP contribution in [0.2, 0.25) is 0 Å². The van der Waals surface area contributed by atoms with E-state index in [1.165, 1.54) is 10.9 Å². The predicted octanol–water partition coefficient (Wildman–Crippen LogP) is 4.03. The zero-order chi connectivity index (χ0) is 21.7. The van der Waals surface area contributed by atoms with Crippen molar-refractivity contribution in [3.05, 3.63) is 39.1 Å². The molecule has 9 heteroatoms. The summed E-state index contributed by atoms with van der Waals surface area (Å²) >= 11 is 3.13. The molecule has 0 saturated carbocycles. The maximum atomic E-state index is 14.5. The van der Waals surface area contributed by atoms with E-state index in [1.54, 1.807) is 17.0 Å². The van der Waals surface area contributed by atoms with Crippen LogP contribution in [0.1, 0.15) is 46.1 Å². The second-order valence-electron chi connectivity index (χ2n) is 9.03. The summed E-state index contributed by atoms with van der Waals surface area (Å²) in [5.74, 6) is -0.598. The molecule has 30 heavy (non-hydrogen) atoms. The van der Waals surface area contributed by atoms with Crippen LogP contribution in [-0.4, -0.2) is 51.4 Å². The van der Waals surface area contributed by atoms with Crippen molar-refractivity contribution in [1.29, 1.82) is 0 Å². The lowest BCUT2D eigenvalue weighted by atomic mass is 9.87. The smallest absolute Gasteiger partial charge is 0.410 e. The second kappa shape index (κ2) is 7.60.